The van der Waals surface area contributed by atoms with Gasteiger partial charge in [0.15, 0.2) is 0 Å². The summed E-state index contributed by atoms with van der Waals surface area (Å²) < 4.78 is 2.18. The van der Waals surface area contributed by atoms with Gasteiger partial charge in [-0.25, -0.2) is 0 Å². The Morgan fingerprint density at radius 3 is 2.55 bits per heavy atom. The molecule has 1 unspecified atom stereocenters. The van der Waals surface area contributed by atoms with Gasteiger partial charge in [-0.05, 0) is 57.2 Å². The maximum absolute atomic E-state index is 6.13. The van der Waals surface area contributed by atoms with Crippen molar-refractivity contribution in [2.75, 3.05) is 0 Å². The fourth-order valence-electron chi connectivity index (χ4n) is 2.96. The molecule has 1 aliphatic rings. The molecule has 1 aromatic heterocycles. The van der Waals surface area contributed by atoms with E-state index in [-0.39, 0.29) is 0 Å². The van der Waals surface area contributed by atoms with Crippen LogP contribution in [0, 0.1) is 5.92 Å². The Balaban J connectivity index is 0.000000847. The number of rotatable bonds is 3. The Labute approximate surface area is 133 Å². The summed E-state index contributed by atoms with van der Waals surface area (Å²) in [5.41, 5.74) is 10.5. The number of hydrogen-bond acceptors (Lipinski definition) is 2. The molecule has 0 aliphatic heterocycles. The van der Waals surface area contributed by atoms with Gasteiger partial charge in [0.05, 0.1) is 17.8 Å². The molecule has 0 bridgehead atoms. The highest BCUT2D eigenvalue weighted by Gasteiger charge is 2.26. The van der Waals surface area contributed by atoms with Crippen LogP contribution in [0.25, 0.3) is 16.6 Å². The van der Waals surface area contributed by atoms with Gasteiger partial charge in [0.25, 0.3) is 0 Å². The topological polar surface area (TPSA) is 43.8 Å². The predicted octanol–water partition coefficient (Wildman–Crippen LogP) is 4.91. The molecule has 2 aromatic rings. The second kappa shape index (κ2) is 6.82. The summed E-state index contributed by atoms with van der Waals surface area (Å²) in [6, 6.07) is 6.90. The summed E-state index contributed by atoms with van der Waals surface area (Å²) >= 11 is 0. The highest BCUT2D eigenvalue weighted by Crippen LogP contribution is 2.37. The molecule has 22 heavy (non-hydrogen) atoms. The molecule has 1 heterocycles. The summed E-state index contributed by atoms with van der Waals surface area (Å²) in [5, 5.41) is 5.78. The lowest BCUT2D eigenvalue weighted by Crippen LogP contribution is -2.23. The molecule has 118 valence electrons. The molecule has 0 spiro atoms. The minimum Gasteiger partial charge on any atom is -0.398 e. The van der Waals surface area contributed by atoms with E-state index < -0.39 is 0 Å². The molecule has 0 amide bonds. The third-order valence-electron chi connectivity index (χ3n) is 4.66. The van der Waals surface area contributed by atoms with Gasteiger partial charge in [-0.3, -0.25) is 4.68 Å². The summed E-state index contributed by atoms with van der Waals surface area (Å²) in [6.07, 6.45) is 6.01. The van der Waals surface area contributed by atoms with E-state index in [1.54, 1.807) is 0 Å². The van der Waals surface area contributed by atoms with Gasteiger partial charge in [0.1, 0.15) is 0 Å². The number of nitrogens with zero attached hydrogens (tertiary/aromatic N) is 2. The number of fused-ring (bicyclic) bond motifs is 1. The van der Waals surface area contributed by atoms with Crippen LogP contribution in [0.15, 0.2) is 43.1 Å². The maximum atomic E-state index is 6.13. The van der Waals surface area contributed by atoms with E-state index in [9.17, 15) is 0 Å². The average Bonchev–Trinajstić information content (AvgIpc) is 2.89. The first-order chi connectivity index (χ1) is 10.6. The van der Waals surface area contributed by atoms with E-state index in [4.69, 9.17) is 5.73 Å². The van der Waals surface area contributed by atoms with Gasteiger partial charge in [0.2, 0.25) is 0 Å². The molecule has 3 nitrogen and oxygen atoms in total. The Morgan fingerprint density at radius 1 is 1.32 bits per heavy atom. The van der Waals surface area contributed by atoms with Crippen molar-refractivity contribution in [2.45, 2.75) is 46.1 Å². The van der Waals surface area contributed by atoms with E-state index in [0.717, 1.165) is 22.8 Å². The van der Waals surface area contributed by atoms with Crippen LogP contribution in [-0.4, -0.2) is 9.78 Å². The zero-order chi connectivity index (χ0) is 16.3. The van der Waals surface area contributed by atoms with E-state index in [2.05, 4.69) is 48.1 Å². The number of benzene rings is 1. The fourth-order valence-corrected chi connectivity index (χ4v) is 2.96. The van der Waals surface area contributed by atoms with Gasteiger partial charge >= 0.3 is 0 Å². The second-order valence-corrected chi connectivity index (χ2v) is 6.21. The molecule has 2 N–H and O–H groups in total. The number of allylic oxidation sites excluding steroid dienone is 1. The number of hydrogen-bond donors (Lipinski definition) is 1. The van der Waals surface area contributed by atoms with E-state index in [1.807, 2.05) is 20.0 Å². The van der Waals surface area contributed by atoms with Crippen molar-refractivity contribution < 1.29 is 0 Å². The summed E-state index contributed by atoms with van der Waals surface area (Å²) in [6.45, 7) is 12.4. The SMILES string of the molecule is C=C.CC(C)=C(N)c1ccc2c(cnn2C(C)C2CCC2)c1. The summed E-state index contributed by atoms with van der Waals surface area (Å²) in [5.74, 6) is 0.792. The van der Waals surface area contributed by atoms with Gasteiger partial charge in [-0.1, -0.05) is 18.1 Å². The Kier molecular flexibility index (Phi) is 5.07. The first-order valence-corrected chi connectivity index (χ1v) is 7.98. The lowest BCUT2D eigenvalue weighted by Gasteiger charge is -2.31. The van der Waals surface area contributed by atoms with E-state index in [0.29, 0.717) is 6.04 Å². The highest BCUT2D eigenvalue weighted by molar-refractivity contribution is 5.83. The quantitative estimate of drug-likeness (QED) is 0.818. The zero-order valence-corrected chi connectivity index (χ0v) is 14.0. The van der Waals surface area contributed by atoms with Crippen LogP contribution >= 0.6 is 0 Å². The molecule has 3 rings (SSSR count). The molecule has 0 radical (unpaired) electrons. The second-order valence-electron chi connectivity index (χ2n) is 6.21. The molecule has 1 aromatic carbocycles. The Hall–Kier alpha value is -2.03. The van der Waals surface area contributed by atoms with Crippen LogP contribution in [-0.2, 0) is 0 Å². The summed E-state index contributed by atoms with van der Waals surface area (Å²) in [7, 11) is 0. The van der Waals surface area contributed by atoms with Crippen molar-refractivity contribution in [3.05, 3.63) is 48.7 Å². The first-order valence-electron chi connectivity index (χ1n) is 7.98. The van der Waals surface area contributed by atoms with E-state index in [1.165, 1.54) is 30.2 Å². The molecule has 1 fully saturated rings. The van der Waals surface area contributed by atoms with Gasteiger partial charge in [-0.15, -0.1) is 13.2 Å². The molecule has 1 saturated carbocycles. The van der Waals surface area contributed by atoms with Crippen LogP contribution in [0.3, 0.4) is 0 Å². The zero-order valence-electron chi connectivity index (χ0n) is 14.0. The van der Waals surface area contributed by atoms with Gasteiger partial charge < -0.3 is 5.73 Å². The minimum atomic E-state index is 0.493. The largest absolute Gasteiger partial charge is 0.398 e. The normalized spacial score (nSPS) is 15.6. The molecular weight excluding hydrogens is 270 g/mol. The van der Waals surface area contributed by atoms with Crippen LogP contribution in [0.2, 0.25) is 0 Å². The smallest absolute Gasteiger partial charge is 0.0686 e. The molecule has 3 heteroatoms. The average molecular weight is 297 g/mol. The van der Waals surface area contributed by atoms with Crippen LogP contribution in [0.1, 0.15) is 51.6 Å². The van der Waals surface area contributed by atoms with Crippen molar-refractivity contribution in [3.63, 3.8) is 0 Å². The van der Waals surface area contributed by atoms with Crippen molar-refractivity contribution in [2.24, 2.45) is 11.7 Å². The number of nitrogens with two attached hydrogens (primary N) is 1. The standard InChI is InChI=1S/C17H23N3.C2H4/c1-11(2)17(18)14-7-8-16-15(9-14)10-19-20(16)12(3)13-5-4-6-13;1-2/h7-10,12-13H,4-6,18H2,1-3H3;1-2H2. The minimum absolute atomic E-state index is 0.493. The monoisotopic (exact) mass is 297 g/mol. The van der Waals surface area contributed by atoms with Crippen LogP contribution < -0.4 is 5.73 Å². The van der Waals surface area contributed by atoms with Gasteiger partial charge in [0, 0.05) is 11.1 Å². The maximum Gasteiger partial charge on any atom is 0.0686 e. The number of aromatic nitrogens is 2. The van der Waals surface area contributed by atoms with Crippen LogP contribution in [0.4, 0.5) is 0 Å². The third-order valence-corrected chi connectivity index (χ3v) is 4.66. The van der Waals surface area contributed by atoms with Crippen molar-refractivity contribution in [1.82, 2.24) is 9.78 Å². The highest BCUT2D eigenvalue weighted by atomic mass is 15.3. The lowest BCUT2D eigenvalue weighted by atomic mass is 9.80. The summed E-state index contributed by atoms with van der Waals surface area (Å²) in [4.78, 5) is 0. The molecule has 1 aliphatic carbocycles. The van der Waals surface area contributed by atoms with Crippen molar-refractivity contribution in [1.29, 1.82) is 0 Å². The van der Waals surface area contributed by atoms with Crippen molar-refractivity contribution >= 4 is 16.6 Å². The van der Waals surface area contributed by atoms with Crippen LogP contribution in [0.5, 0.6) is 0 Å². The molecule has 1 atom stereocenters. The fraction of sp³-hybridized carbons (Fsp3) is 0.421. The van der Waals surface area contributed by atoms with Crippen molar-refractivity contribution in [3.8, 4) is 0 Å². The third kappa shape index (κ3) is 2.94. The molecular formula is C19H27N3. The first kappa shape index (κ1) is 16.3. The van der Waals surface area contributed by atoms with Gasteiger partial charge in [-0.2, -0.15) is 5.10 Å². The molecule has 0 saturated heterocycles. The Morgan fingerprint density at radius 2 is 2.00 bits per heavy atom. The Bertz CT molecular complexity index is 673. The van der Waals surface area contributed by atoms with E-state index >= 15 is 0 Å². The predicted molar refractivity (Wildman–Crippen MR) is 95.5 cm³/mol. The lowest BCUT2D eigenvalue weighted by molar-refractivity contribution is 0.215.